The first-order valence-electron chi connectivity index (χ1n) is 5.79. The van der Waals surface area contributed by atoms with Gasteiger partial charge in [0.15, 0.2) is 11.5 Å². The average Bonchev–Trinajstić information content (AvgIpc) is 2.71. The third kappa shape index (κ3) is 1.97. The van der Waals surface area contributed by atoms with Crippen LogP contribution in [-0.2, 0) is 0 Å². The minimum absolute atomic E-state index is 0.670. The SMILES string of the molecule is Cc1nnc2ccc(N3CCSC(C)C3)nn12. The minimum atomic E-state index is 0.670. The number of aromatic nitrogens is 4. The summed E-state index contributed by atoms with van der Waals surface area (Å²) in [5, 5.41) is 13.3. The van der Waals surface area contributed by atoms with Gasteiger partial charge in [-0.25, -0.2) is 0 Å². The largest absolute Gasteiger partial charge is 0.353 e. The van der Waals surface area contributed by atoms with Crippen molar-refractivity contribution in [1.82, 2.24) is 19.8 Å². The Bertz CT molecular complexity index is 538. The third-order valence-corrected chi connectivity index (χ3v) is 4.11. The molecule has 2 aromatic rings. The van der Waals surface area contributed by atoms with Crippen molar-refractivity contribution >= 4 is 23.2 Å². The lowest BCUT2D eigenvalue weighted by Gasteiger charge is -2.31. The van der Waals surface area contributed by atoms with Crippen molar-refractivity contribution in [3.8, 4) is 0 Å². The molecule has 0 aromatic carbocycles. The van der Waals surface area contributed by atoms with E-state index in [0.717, 1.165) is 30.4 Å². The molecule has 6 heteroatoms. The molecule has 1 saturated heterocycles. The van der Waals surface area contributed by atoms with Crippen LogP contribution in [0, 0.1) is 6.92 Å². The molecule has 0 saturated carbocycles. The van der Waals surface area contributed by atoms with E-state index in [1.807, 2.05) is 35.3 Å². The van der Waals surface area contributed by atoms with Gasteiger partial charge in [-0.1, -0.05) is 6.92 Å². The van der Waals surface area contributed by atoms with E-state index in [9.17, 15) is 0 Å². The summed E-state index contributed by atoms with van der Waals surface area (Å²) in [6, 6.07) is 4.01. The van der Waals surface area contributed by atoms with Crippen LogP contribution in [0.4, 0.5) is 5.82 Å². The van der Waals surface area contributed by atoms with E-state index in [0.29, 0.717) is 5.25 Å². The highest BCUT2D eigenvalue weighted by atomic mass is 32.2. The maximum atomic E-state index is 4.60. The van der Waals surface area contributed by atoms with E-state index in [4.69, 9.17) is 0 Å². The van der Waals surface area contributed by atoms with Gasteiger partial charge >= 0.3 is 0 Å². The lowest BCUT2D eigenvalue weighted by molar-refractivity contribution is 0.746. The summed E-state index contributed by atoms with van der Waals surface area (Å²) >= 11 is 2.02. The van der Waals surface area contributed by atoms with E-state index in [1.54, 1.807) is 0 Å². The molecule has 3 rings (SSSR count). The number of hydrogen-bond acceptors (Lipinski definition) is 5. The average molecular weight is 249 g/mol. The van der Waals surface area contributed by atoms with Gasteiger partial charge in [-0.3, -0.25) is 0 Å². The number of hydrogen-bond donors (Lipinski definition) is 0. The maximum absolute atomic E-state index is 4.60. The molecule has 0 bridgehead atoms. The van der Waals surface area contributed by atoms with Gasteiger partial charge in [0.25, 0.3) is 0 Å². The van der Waals surface area contributed by atoms with Gasteiger partial charge in [0, 0.05) is 24.1 Å². The molecule has 2 aromatic heterocycles. The zero-order valence-electron chi connectivity index (χ0n) is 10.00. The van der Waals surface area contributed by atoms with Gasteiger partial charge in [-0.15, -0.1) is 15.3 Å². The summed E-state index contributed by atoms with van der Waals surface area (Å²) in [7, 11) is 0. The molecule has 5 nitrogen and oxygen atoms in total. The molecule has 17 heavy (non-hydrogen) atoms. The van der Waals surface area contributed by atoms with E-state index >= 15 is 0 Å². The molecule has 1 fully saturated rings. The fourth-order valence-electron chi connectivity index (χ4n) is 2.08. The molecule has 1 unspecified atom stereocenters. The van der Waals surface area contributed by atoms with Crippen molar-refractivity contribution in [2.24, 2.45) is 0 Å². The monoisotopic (exact) mass is 249 g/mol. The normalized spacial score (nSPS) is 21.1. The first-order chi connectivity index (χ1) is 8.24. The highest BCUT2D eigenvalue weighted by Gasteiger charge is 2.18. The van der Waals surface area contributed by atoms with Gasteiger partial charge < -0.3 is 4.90 Å². The lowest BCUT2D eigenvalue weighted by Crippen LogP contribution is -2.37. The van der Waals surface area contributed by atoms with Crippen LogP contribution in [0.3, 0.4) is 0 Å². The van der Waals surface area contributed by atoms with Crippen LogP contribution in [0.5, 0.6) is 0 Å². The van der Waals surface area contributed by atoms with Crippen LogP contribution in [0.25, 0.3) is 5.65 Å². The van der Waals surface area contributed by atoms with Crippen molar-refractivity contribution in [2.45, 2.75) is 19.1 Å². The van der Waals surface area contributed by atoms with E-state index in [1.165, 1.54) is 5.75 Å². The van der Waals surface area contributed by atoms with E-state index in [2.05, 4.69) is 27.1 Å². The summed E-state index contributed by atoms with van der Waals surface area (Å²) < 4.78 is 1.81. The molecule has 0 N–H and O–H groups in total. The van der Waals surface area contributed by atoms with Gasteiger partial charge in [-0.05, 0) is 19.1 Å². The smallest absolute Gasteiger partial charge is 0.178 e. The molecule has 1 atom stereocenters. The summed E-state index contributed by atoms with van der Waals surface area (Å²) in [6.07, 6.45) is 0. The van der Waals surface area contributed by atoms with E-state index < -0.39 is 0 Å². The van der Waals surface area contributed by atoms with Crippen LogP contribution in [0.1, 0.15) is 12.7 Å². The molecule has 1 aliphatic rings. The van der Waals surface area contributed by atoms with Crippen molar-refractivity contribution in [3.05, 3.63) is 18.0 Å². The molecule has 90 valence electrons. The Morgan fingerprint density at radius 2 is 2.24 bits per heavy atom. The van der Waals surface area contributed by atoms with Gasteiger partial charge in [0.1, 0.15) is 5.82 Å². The second-order valence-corrected chi connectivity index (χ2v) is 5.88. The number of anilines is 1. The molecular formula is C11H15N5S. The Labute approximate surface area is 104 Å². The predicted molar refractivity (Wildman–Crippen MR) is 69.7 cm³/mol. The Morgan fingerprint density at radius 3 is 3.06 bits per heavy atom. The molecule has 1 aliphatic heterocycles. The molecule has 0 amide bonds. The topological polar surface area (TPSA) is 46.3 Å². The maximum Gasteiger partial charge on any atom is 0.178 e. The standard InChI is InChI=1S/C11H15N5S/c1-8-7-15(5-6-17-8)11-4-3-10-13-12-9(2)16(10)14-11/h3-4,8H,5-7H2,1-2H3. The van der Waals surface area contributed by atoms with Crippen LogP contribution < -0.4 is 4.90 Å². The second kappa shape index (κ2) is 4.18. The van der Waals surface area contributed by atoms with Crippen LogP contribution in [0.15, 0.2) is 12.1 Å². The van der Waals surface area contributed by atoms with Crippen molar-refractivity contribution in [3.63, 3.8) is 0 Å². The lowest BCUT2D eigenvalue weighted by atomic mass is 10.3. The summed E-state index contributed by atoms with van der Waals surface area (Å²) in [5.41, 5.74) is 0.811. The number of nitrogens with zero attached hydrogens (tertiary/aromatic N) is 5. The molecule has 0 radical (unpaired) electrons. The van der Waals surface area contributed by atoms with Crippen LogP contribution >= 0.6 is 11.8 Å². The Balaban J connectivity index is 1.96. The number of fused-ring (bicyclic) bond motifs is 1. The first kappa shape index (κ1) is 10.8. The molecule has 0 spiro atoms. The Morgan fingerprint density at radius 1 is 1.35 bits per heavy atom. The number of rotatable bonds is 1. The van der Waals surface area contributed by atoms with Gasteiger partial charge in [0.2, 0.25) is 0 Å². The highest BCUT2D eigenvalue weighted by Crippen LogP contribution is 2.22. The van der Waals surface area contributed by atoms with Gasteiger partial charge in [-0.2, -0.15) is 16.3 Å². The van der Waals surface area contributed by atoms with Crippen molar-refractivity contribution in [2.75, 3.05) is 23.7 Å². The summed E-state index contributed by atoms with van der Waals surface area (Å²) in [4.78, 5) is 2.33. The fraction of sp³-hybridized carbons (Fsp3) is 0.545. The first-order valence-corrected chi connectivity index (χ1v) is 6.84. The van der Waals surface area contributed by atoms with Crippen LogP contribution in [-0.4, -0.2) is 43.9 Å². The van der Waals surface area contributed by atoms with Gasteiger partial charge in [0.05, 0.1) is 0 Å². The summed E-state index contributed by atoms with van der Waals surface area (Å²) in [5.74, 6) is 3.02. The highest BCUT2D eigenvalue weighted by molar-refractivity contribution is 8.00. The van der Waals surface area contributed by atoms with Crippen molar-refractivity contribution < 1.29 is 0 Å². The number of thioether (sulfide) groups is 1. The minimum Gasteiger partial charge on any atom is -0.353 e. The molecule has 3 heterocycles. The molecular weight excluding hydrogens is 234 g/mol. The predicted octanol–water partition coefficient (Wildman–Crippen LogP) is 1.37. The van der Waals surface area contributed by atoms with Crippen molar-refractivity contribution in [1.29, 1.82) is 0 Å². The third-order valence-electron chi connectivity index (χ3n) is 2.97. The Hall–Kier alpha value is -1.30. The van der Waals surface area contributed by atoms with Crippen LogP contribution in [0.2, 0.25) is 0 Å². The number of aryl methyl sites for hydroxylation is 1. The molecule has 0 aliphatic carbocycles. The zero-order valence-corrected chi connectivity index (χ0v) is 10.8. The Kier molecular flexibility index (Phi) is 2.66. The summed E-state index contributed by atoms with van der Waals surface area (Å²) in [6.45, 7) is 6.31. The second-order valence-electron chi connectivity index (χ2n) is 4.34. The quantitative estimate of drug-likeness (QED) is 0.764. The van der Waals surface area contributed by atoms with E-state index in [-0.39, 0.29) is 0 Å². The zero-order chi connectivity index (χ0) is 11.8. The fourth-order valence-corrected chi connectivity index (χ4v) is 3.10.